The third kappa shape index (κ3) is 3.22. The third-order valence-corrected chi connectivity index (χ3v) is 7.57. The van der Waals surface area contributed by atoms with E-state index in [2.05, 4.69) is 0 Å². The van der Waals surface area contributed by atoms with Crippen molar-refractivity contribution >= 4 is 11.8 Å². The Balaban J connectivity index is 1.27. The monoisotopic (exact) mass is 411 g/mol. The van der Waals surface area contributed by atoms with E-state index in [1.807, 2.05) is 36.6 Å². The minimum Gasteiger partial charge on any atom is -0.467 e. The van der Waals surface area contributed by atoms with Gasteiger partial charge in [0.2, 0.25) is 5.78 Å². The quantitative estimate of drug-likeness (QED) is 0.578. The number of furan rings is 1. The fourth-order valence-electron chi connectivity index (χ4n) is 6.70. The van der Waals surface area contributed by atoms with Gasteiger partial charge in [0.15, 0.2) is 6.61 Å². The molecule has 30 heavy (non-hydrogen) atoms. The predicted molar refractivity (Wildman–Crippen MR) is 109 cm³/mol. The number of carbonyl (C=O) groups excluding carboxylic acids is 2. The average Bonchev–Trinajstić information content (AvgIpc) is 3.27. The van der Waals surface area contributed by atoms with E-state index in [1.165, 1.54) is 0 Å². The Hall–Kier alpha value is -2.34. The van der Waals surface area contributed by atoms with Crippen LogP contribution in [-0.4, -0.2) is 33.6 Å². The summed E-state index contributed by atoms with van der Waals surface area (Å²) < 4.78 is 13.0. The van der Waals surface area contributed by atoms with Crippen LogP contribution < -0.4 is 0 Å². The van der Waals surface area contributed by atoms with Gasteiger partial charge >= 0.3 is 5.97 Å². The predicted octanol–water partition coefficient (Wildman–Crippen LogP) is 3.80. The van der Waals surface area contributed by atoms with Gasteiger partial charge < -0.3 is 18.8 Å². The smallest absolute Gasteiger partial charge is 0.312 e. The molecule has 1 N–H and O–H groups in total. The van der Waals surface area contributed by atoms with Crippen LogP contribution in [0.5, 0.6) is 0 Å². The fraction of sp³-hybridized carbons (Fsp3) is 0.583. The van der Waals surface area contributed by atoms with Gasteiger partial charge in [-0.2, -0.15) is 0 Å². The highest BCUT2D eigenvalue weighted by atomic mass is 16.5. The molecule has 6 heteroatoms. The Morgan fingerprint density at radius 2 is 1.97 bits per heavy atom. The standard InChI is InChI=1S/C24H29NO5/c1-15-6-20(16(2)25(15)12-19-4-3-5-29-19)21(26)13-30-22(27)23-8-17-7-18(9-23)11-24(28,10-17)14-23/h3-6,17-18,28H,7-14H2,1-2H3. The molecule has 4 aliphatic rings. The second-order valence-electron chi connectivity index (χ2n) is 9.92. The number of Topliss-reactive ketones (excluding diaryl/α,β-unsaturated/α-hetero) is 1. The van der Waals surface area contributed by atoms with Gasteiger partial charge in [-0.1, -0.05) is 0 Å². The normalized spacial score (nSPS) is 31.8. The minimum atomic E-state index is -0.718. The van der Waals surface area contributed by atoms with Crippen LogP contribution in [0.25, 0.3) is 0 Å². The molecule has 6 nitrogen and oxygen atoms in total. The number of aryl methyl sites for hydroxylation is 1. The topological polar surface area (TPSA) is 81.7 Å². The summed E-state index contributed by atoms with van der Waals surface area (Å²) in [7, 11) is 0. The zero-order chi connectivity index (χ0) is 21.1. The lowest BCUT2D eigenvalue weighted by atomic mass is 9.48. The van der Waals surface area contributed by atoms with Gasteiger partial charge in [0.05, 0.1) is 23.8 Å². The van der Waals surface area contributed by atoms with E-state index in [9.17, 15) is 14.7 Å². The molecule has 0 radical (unpaired) electrons. The van der Waals surface area contributed by atoms with Crippen molar-refractivity contribution in [3.63, 3.8) is 0 Å². The van der Waals surface area contributed by atoms with E-state index in [4.69, 9.17) is 9.15 Å². The van der Waals surface area contributed by atoms with E-state index in [0.29, 0.717) is 30.4 Å². The third-order valence-electron chi connectivity index (χ3n) is 7.57. The summed E-state index contributed by atoms with van der Waals surface area (Å²) in [5.41, 5.74) is 1.06. The molecule has 0 aromatic carbocycles. The first-order valence-electron chi connectivity index (χ1n) is 10.9. The number of nitrogens with zero attached hydrogens (tertiary/aromatic N) is 1. The van der Waals surface area contributed by atoms with Crippen molar-refractivity contribution < 1.29 is 23.8 Å². The molecule has 2 aromatic rings. The van der Waals surface area contributed by atoms with Crippen LogP contribution in [0.1, 0.15) is 66.0 Å². The number of hydrogen-bond acceptors (Lipinski definition) is 5. The van der Waals surface area contributed by atoms with Crippen LogP contribution in [0.3, 0.4) is 0 Å². The van der Waals surface area contributed by atoms with Crippen molar-refractivity contribution in [1.29, 1.82) is 0 Å². The first kappa shape index (κ1) is 19.6. The van der Waals surface area contributed by atoms with Crippen LogP contribution in [0, 0.1) is 31.1 Å². The summed E-state index contributed by atoms with van der Waals surface area (Å²) >= 11 is 0. The summed E-state index contributed by atoms with van der Waals surface area (Å²) in [6, 6.07) is 5.60. The summed E-state index contributed by atoms with van der Waals surface area (Å²) in [4.78, 5) is 25.9. The molecule has 2 aromatic heterocycles. The Morgan fingerprint density at radius 1 is 1.23 bits per heavy atom. The second kappa shape index (κ2) is 6.84. The Morgan fingerprint density at radius 3 is 2.60 bits per heavy atom. The Bertz CT molecular complexity index is 972. The van der Waals surface area contributed by atoms with Gasteiger partial charge in [0, 0.05) is 17.0 Å². The van der Waals surface area contributed by atoms with Crippen LogP contribution in [0.15, 0.2) is 28.9 Å². The van der Waals surface area contributed by atoms with Crippen LogP contribution >= 0.6 is 0 Å². The molecule has 0 amide bonds. The molecular formula is C24H29NO5. The van der Waals surface area contributed by atoms with Gasteiger partial charge in [-0.15, -0.1) is 0 Å². The van der Waals surface area contributed by atoms with Gasteiger partial charge in [0.1, 0.15) is 5.76 Å². The number of aromatic nitrogens is 1. The van der Waals surface area contributed by atoms with E-state index < -0.39 is 11.0 Å². The maximum Gasteiger partial charge on any atom is 0.312 e. The van der Waals surface area contributed by atoms with Crippen molar-refractivity contribution in [2.45, 2.75) is 64.5 Å². The Labute approximate surface area is 176 Å². The highest BCUT2D eigenvalue weighted by Crippen LogP contribution is 2.61. The highest BCUT2D eigenvalue weighted by Gasteiger charge is 2.60. The van der Waals surface area contributed by atoms with Crippen LogP contribution in [-0.2, 0) is 16.1 Å². The van der Waals surface area contributed by atoms with Gasteiger partial charge in [0.25, 0.3) is 0 Å². The van der Waals surface area contributed by atoms with Crippen LogP contribution in [0.2, 0.25) is 0 Å². The Kier molecular flexibility index (Phi) is 4.47. The van der Waals surface area contributed by atoms with Crippen molar-refractivity contribution in [3.05, 3.63) is 47.2 Å². The number of ether oxygens (including phenoxy) is 1. The molecule has 0 aliphatic heterocycles. The van der Waals surface area contributed by atoms with Crippen molar-refractivity contribution in [2.24, 2.45) is 17.3 Å². The lowest BCUT2D eigenvalue weighted by Gasteiger charge is -2.58. The molecule has 160 valence electrons. The molecule has 2 unspecified atom stereocenters. The zero-order valence-electron chi connectivity index (χ0n) is 17.6. The SMILES string of the molecule is Cc1cc(C(=O)COC(=O)C23CC4CC(CC(O)(C4)C2)C3)c(C)n1Cc1ccco1. The van der Waals surface area contributed by atoms with Crippen LogP contribution in [0.4, 0.5) is 0 Å². The second-order valence-corrected chi connectivity index (χ2v) is 9.92. The lowest BCUT2D eigenvalue weighted by Crippen LogP contribution is -2.58. The number of carbonyl (C=O) groups is 2. The number of esters is 1. The first-order valence-corrected chi connectivity index (χ1v) is 10.9. The maximum atomic E-state index is 13.0. The van der Waals surface area contributed by atoms with E-state index in [-0.39, 0.29) is 18.4 Å². The van der Waals surface area contributed by atoms with E-state index in [0.717, 1.165) is 49.3 Å². The summed E-state index contributed by atoms with van der Waals surface area (Å²) in [5, 5.41) is 10.9. The number of ketones is 1. The van der Waals surface area contributed by atoms with Crippen molar-refractivity contribution in [1.82, 2.24) is 4.57 Å². The summed E-state index contributed by atoms with van der Waals surface area (Å²) in [5.74, 6) is 1.14. The molecule has 2 heterocycles. The molecule has 6 rings (SSSR count). The van der Waals surface area contributed by atoms with E-state index >= 15 is 0 Å². The molecule has 0 spiro atoms. The number of rotatable bonds is 6. The molecule has 2 atom stereocenters. The van der Waals surface area contributed by atoms with E-state index in [1.54, 1.807) is 6.26 Å². The summed E-state index contributed by atoms with van der Waals surface area (Å²) in [6.07, 6.45) is 6.41. The largest absolute Gasteiger partial charge is 0.467 e. The summed E-state index contributed by atoms with van der Waals surface area (Å²) in [6.45, 7) is 4.16. The van der Waals surface area contributed by atoms with Crippen molar-refractivity contribution in [3.8, 4) is 0 Å². The van der Waals surface area contributed by atoms with Crippen molar-refractivity contribution in [2.75, 3.05) is 6.61 Å². The molecule has 4 bridgehead atoms. The molecular weight excluding hydrogens is 382 g/mol. The lowest BCUT2D eigenvalue weighted by molar-refractivity contribution is -0.195. The first-order chi connectivity index (χ1) is 14.3. The molecule has 4 aliphatic carbocycles. The minimum absolute atomic E-state index is 0.189. The molecule has 4 fully saturated rings. The van der Waals surface area contributed by atoms with Gasteiger partial charge in [-0.3, -0.25) is 9.59 Å². The average molecular weight is 411 g/mol. The number of hydrogen-bond donors (Lipinski definition) is 1. The highest BCUT2D eigenvalue weighted by molar-refractivity contribution is 5.99. The van der Waals surface area contributed by atoms with Gasteiger partial charge in [-0.05, 0) is 82.4 Å². The van der Waals surface area contributed by atoms with Gasteiger partial charge in [-0.25, -0.2) is 0 Å². The number of aliphatic hydroxyl groups is 1. The zero-order valence-corrected chi connectivity index (χ0v) is 17.6. The molecule has 4 saturated carbocycles. The fourth-order valence-corrected chi connectivity index (χ4v) is 6.70. The maximum absolute atomic E-state index is 13.0. The molecule has 0 saturated heterocycles.